The molecule has 2 aromatic heterocycles. The van der Waals surface area contributed by atoms with Crippen molar-refractivity contribution in [3.05, 3.63) is 47.2 Å². The Hall–Kier alpha value is -1.90. The van der Waals surface area contributed by atoms with Crippen molar-refractivity contribution in [1.29, 1.82) is 0 Å². The van der Waals surface area contributed by atoms with E-state index < -0.39 is 10.2 Å². The second-order valence-electron chi connectivity index (χ2n) is 5.55. The Morgan fingerprint density at radius 3 is 2.38 bits per heavy atom. The molecular weight excluding hydrogens is 350 g/mol. The number of hydrogen-bond donors (Lipinski definition) is 1. The standard InChI is InChI=1S/C15H18ClN5O2S/c1-12-2-4-14(17-10-12)19-24(22,23)21-8-6-20(7-9-21)15-5-3-13(16)11-18-15/h2-5,10-11H,6-9H2,1H3,(H,17,19). The van der Waals surface area contributed by atoms with Gasteiger partial charge in [0.1, 0.15) is 11.6 Å². The number of nitrogens with one attached hydrogen (secondary N) is 1. The van der Waals surface area contributed by atoms with Crippen molar-refractivity contribution in [2.75, 3.05) is 35.8 Å². The summed E-state index contributed by atoms with van der Waals surface area (Å²) in [4.78, 5) is 10.4. The van der Waals surface area contributed by atoms with Crippen LogP contribution >= 0.6 is 11.6 Å². The third-order valence-corrected chi connectivity index (χ3v) is 5.49. The molecule has 3 heterocycles. The Balaban J connectivity index is 1.62. The first kappa shape index (κ1) is 16.9. The van der Waals surface area contributed by atoms with Crippen LogP contribution in [0.4, 0.5) is 11.6 Å². The Morgan fingerprint density at radius 2 is 1.79 bits per heavy atom. The minimum absolute atomic E-state index is 0.322. The van der Waals surface area contributed by atoms with E-state index in [0.29, 0.717) is 37.0 Å². The molecule has 1 aliphatic rings. The molecule has 9 heteroatoms. The number of aromatic nitrogens is 2. The Morgan fingerprint density at radius 1 is 1.04 bits per heavy atom. The fourth-order valence-corrected chi connectivity index (χ4v) is 3.71. The van der Waals surface area contributed by atoms with Gasteiger partial charge in [-0.05, 0) is 30.7 Å². The quantitative estimate of drug-likeness (QED) is 0.893. The van der Waals surface area contributed by atoms with Crippen LogP contribution < -0.4 is 9.62 Å². The molecule has 0 atom stereocenters. The molecule has 1 N–H and O–H groups in total. The van der Waals surface area contributed by atoms with Crippen molar-refractivity contribution in [2.24, 2.45) is 0 Å². The van der Waals surface area contributed by atoms with E-state index in [9.17, 15) is 8.42 Å². The van der Waals surface area contributed by atoms with E-state index in [1.165, 1.54) is 4.31 Å². The lowest BCUT2D eigenvalue weighted by molar-refractivity contribution is 0.386. The molecular formula is C15H18ClN5O2S. The van der Waals surface area contributed by atoms with Crippen molar-refractivity contribution in [2.45, 2.75) is 6.92 Å². The number of aryl methyl sites for hydroxylation is 1. The number of pyridine rings is 2. The molecule has 0 unspecified atom stereocenters. The number of rotatable bonds is 4. The topological polar surface area (TPSA) is 78.4 Å². The highest BCUT2D eigenvalue weighted by molar-refractivity contribution is 7.90. The molecule has 24 heavy (non-hydrogen) atoms. The van der Waals surface area contributed by atoms with E-state index in [1.807, 2.05) is 24.0 Å². The summed E-state index contributed by atoms with van der Waals surface area (Å²) >= 11 is 5.84. The van der Waals surface area contributed by atoms with Crippen LogP contribution in [0.25, 0.3) is 0 Å². The molecule has 0 aromatic carbocycles. The van der Waals surface area contributed by atoms with Gasteiger partial charge in [-0.2, -0.15) is 12.7 Å². The second-order valence-corrected chi connectivity index (χ2v) is 7.66. The summed E-state index contributed by atoms with van der Waals surface area (Å²) in [6.45, 7) is 3.79. The van der Waals surface area contributed by atoms with Crippen LogP contribution in [-0.2, 0) is 10.2 Å². The summed E-state index contributed by atoms with van der Waals surface area (Å²) in [5, 5.41) is 0.578. The normalized spacial score (nSPS) is 16.2. The van der Waals surface area contributed by atoms with Gasteiger partial charge in [-0.25, -0.2) is 9.97 Å². The van der Waals surface area contributed by atoms with E-state index >= 15 is 0 Å². The molecule has 1 saturated heterocycles. The van der Waals surface area contributed by atoms with E-state index in [0.717, 1.165) is 11.4 Å². The van der Waals surface area contributed by atoms with Gasteiger partial charge >= 0.3 is 10.2 Å². The molecule has 0 bridgehead atoms. The maximum absolute atomic E-state index is 12.5. The fourth-order valence-electron chi connectivity index (χ4n) is 2.44. The largest absolute Gasteiger partial charge is 0.354 e. The zero-order chi connectivity index (χ0) is 17.2. The lowest BCUT2D eigenvalue weighted by Gasteiger charge is -2.34. The average Bonchev–Trinajstić information content (AvgIpc) is 2.58. The summed E-state index contributed by atoms with van der Waals surface area (Å²) in [6, 6.07) is 7.08. The van der Waals surface area contributed by atoms with Crippen molar-refractivity contribution in [3.63, 3.8) is 0 Å². The molecule has 0 aliphatic carbocycles. The highest BCUT2D eigenvalue weighted by atomic mass is 35.5. The molecule has 7 nitrogen and oxygen atoms in total. The first-order chi connectivity index (χ1) is 11.4. The third-order valence-electron chi connectivity index (χ3n) is 3.76. The maximum atomic E-state index is 12.5. The van der Waals surface area contributed by atoms with Crippen LogP contribution in [0.1, 0.15) is 5.56 Å². The molecule has 128 valence electrons. The summed E-state index contributed by atoms with van der Waals surface area (Å²) < 4.78 is 28.8. The Bertz CT molecular complexity index is 788. The highest BCUT2D eigenvalue weighted by Crippen LogP contribution is 2.18. The van der Waals surface area contributed by atoms with Gasteiger partial charge < -0.3 is 4.90 Å². The SMILES string of the molecule is Cc1ccc(NS(=O)(=O)N2CCN(c3ccc(Cl)cn3)CC2)nc1. The van der Waals surface area contributed by atoms with Crippen molar-refractivity contribution in [3.8, 4) is 0 Å². The van der Waals surface area contributed by atoms with Gasteiger partial charge in [0.2, 0.25) is 0 Å². The highest BCUT2D eigenvalue weighted by Gasteiger charge is 2.27. The van der Waals surface area contributed by atoms with E-state index in [1.54, 1.807) is 24.5 Å². The van der Waals surface area contributed by atoms with Gasteiger partial charge in [-0.3, -0.25) is 4.72 Å². The van der Waals surface area contributed by atoms with Crippen LogP contribution in [0.5, 0.6) is 0 Å². The van der Waals surface area contributed by atoms with Gasteiger partial charge in [0.15, 0.2) is 0 Å². The summed E-state index contributed by atoms with van der Waals surface area (Å²) in [5.41, 5.74) is 0.974. The van der Waals surface area contributed by atoms with Crippen molar-refractivity contribution in [1.82, 2.24) is 14.3 Å². The van der Waals surface area contributed by atoms with Crippen LogP contribution in [0, 0.1) is 6.92 Å². The van der Waals surface area contributed by atoms with Gasteiger partial charge in [0.05, 0.1) is 5.02 Å². The number of anilines is 2. The first-order valence-corrected chi connectivity index (χ1v) is 9.33. The zero-order valence-corrected chi connectivity index (χ0v) is 14.8. The second kappa shape index (κ2) is 6.92. The lowest BCUT2D eigenvalue weighted by atomic mass is 10.3. The van der Waals surface area contributed by atoms with Crippen LogP contribution in [0.15, 0.2) is 36.7 Å². The van der Waals surface area contributed by atoms with E-state index in [4.69, 9.17) is 11.6 Å². The van der Waals surface area contributed by atoms with Crippen molar-refractivity contribution < 1.29 is 8.42 Å². The predicted molar refractivity (Wildman–Crippen MR) is 94.5 cm³/mol. The van der Waals surface area contributed by atoms with Gasteiger partial charge in [-0.15, -0.1) is 0 Å². The smallest absolute Gasteiger partial charge is 0.302 e. The van der Waals surface area contributed by atoms with Crippen LogP contribution in [0.2, 0.25) is 5.02 Å². The summed E-state index contributed by atoms with van der Waals surface area (Å²) in [6.07, 6.45) is 3.21. The number of halogens is 1. The molecule has 3 rings (SSSR count). The summed E-state index contributed by atoms with van der Waals surface area (Å²) in [5.74, 6) is 1.12. The minimum Gasteiger partial charge on any atom is -0.354 e. The zero-order valence-electron chi connectivity index (χ0n) is 13.2. The summed E-state index contributed by atoms with van der Waals surface area (Å²) in [7, 11) is -3.61. The fraction of sp³-hybridized carbons (Fsp3) is 0.333. The molecule has 0 amide bonds. The maximum Gasteiger partial charge on any atom is 0.302 e. The Kier molecular flexibility index (Phi) is 4.88. The molecule has 0 radical (unpaired) electrons. The number of hydrogen-bond acceptors (Lipinski definition) is 5. The predicted octanol–water partition coefficient (Wildman–Crippen LogP) is 1.92. The van der Waals surface area contributed by atoms with E-state index in [-0.39, 0.29) is 0 Å². The molecule has 1 aliphatic heterocycles. The Labute approximate surface area is 146 Å². The van der Waals surface area contributed by atoms with Crippen LogP contribution in [0.3, 0.4) is 0 Å². The van der Waals surface area contributed by atoms with E-state index in [2.05, 4.69) is 14.7 Å². The van der Waals surface area contributed by atoms with Gasteiger partial charge in [-0.1, -0.05) is 17.7 Å². The molecule has 0 spiro atoms. The van der Waals surface area contributed by atoms with Gasteiger partial charge in [0.25, 0.3) is 0 Å². The van der Waals surface area contributed by atoms with Crippen molar-refractivity contribution >= 4 is 33.4 Å². The number of nitrogens with zero attached hydrogens (tertiary/aromatic N) is 4. The number of piperazine rings is 1. The average molecular weight is 368 g/mol. The minimum atomic E-state index is -3.61. The van der Waals surface area contributed by atoms with Gasteiger partial charge in [0, 0.05) is 38.6 Å². The third kappa shape index (κ3) is 3.95. The van der Waals surface area contributed by atoms with Crippen LogP contribution in [-0.4, -0.2) is 48.9 Å². The lowest BCUT2D eigenvalue weighted by Crippen LogP contribution is -2.50. The molecule has 1 fully saturated rings. The molecule has 2 aromatic rings. The monoisotopic (exact) mass is 367 g/mol. The first-order valence-electron chi connectivity index (χ1n) is 7.51. The molecule has 0 saturated carbocycles.